The number of hydrogen-bond acceptors (Lipinski definition) is 0. The quantitative estimate of drug-likeness (QED) is 0.600. The second-order valence-corrected chi connectivity index (χ2v) is 6.00. The highest BCUT2D eigenvalue weighted by Gasteiger charge is 2.52. The van der Waals surface area contributed by atoms with Gasteiger partial charge in [0.2, 0.25) is 0 Å². The molecule has 76 valence electrons. The molecule has 2 fully saturated rings. The minimum atomic E-state index is 0.555. The summed E-state index contributed by atoms with van der Waals surface area (Å²) in [5, 5.41) is 0. The van der Waals surface area contributed by atoms with Gasteiger partial charge in [-0.3, -0.25) is 0 Å². The molecule has 0 spiro atoms. The zero-order valence-electron chi connectivity index (χ0n) is 8.85. The highest BCUT2D eigenvalue weighted by molar-refractivity contribution is 6.18. The van der Waals surface area contributed by atoms with Crippen molar-refractivity contribution in [2.45, 2.75) is 46.0 Å². The Labute approximate surface area is 87.0 Å². The first kappa shape index (κ1) is 9.83. The molecule has 2 atom stereocenters. The summed E-state index contributed by atoms with van der Waals surface area (Å²) in [7, 11) is 0. The van der Waals surface area contributed by atoms with Crippen LogP contribution in [0.15, 0.2) is 0 Å². The summed E-state index contributed by atoms with van der Waals surface area (Å²) < 4.78 is 0. The number of fused-ring (bicyclic) bond motifs is 1. The smallest absolute Gasteiger partial charge is 0.0280 e. The minimum Gasteiger partial charge on any atom is -0.126 e. The van der Waals surface area contributed by atoms with Gasteiger partial charge in [0.05, 0.1) is 0 Å². The monoisotopic (exact) mass is 200 g/mol. The molecule has 0 amide bonds. The largest absolute Gasteiger partial charge is 0.126 e. The fourth-order valence-corrected chi connectivity index (χ4v) is 3.33. The highest BCUT2D eigenvalue weighted by atomic mass is 35.5. The van der Waals surface area contributed by atoms with E-state index >= 15 is 0 Å². The molecular formula is C12H21Cl. The van der Waals surface area contributed by atoms with Crippen LogP contribution in [-0.2, 0) is 0 Å². The van der Waals surface area contributed by atoms with Gasteiger partial charge in [0.15, 0.2) is 0 Å². The van der Waals surface area contributed by atoms with Crippen molar-refractivity contribution in [2.24, 2.45) is 23.2 Å². The molecule has 2 rings (SSSR count). The lowest BCUT2D eigenvalue weighted by Gasteiger charge is -2.29. The third-order valence-corrected chi connectivity index (χ3v) is 4.56. The molecule has 0 nitrogen and oxygen atoms in total. The van der Waals surface area contributed by atoms with Crippen LogP contribution in [0.4, 0.5) is 0 Å². The van der Waals surface area contributed by atoms with E-state index in [9.17, 15) is 0 Å². The van der Waals surface area contributed by atoms with Crippen LogP contribution in [0.1, 0.15) is 46.0 Å². The molecule has 0 saturated heterocycles. The Balaban J connectivity index is 1.85. The van der Waals surface area contributed by atoms with Crippen LogP contribution in [0.3, 0.4) is 0 Å². The van der Waals surface area contributed by atoms with Crippen molar-refractivity contribution in [3.8, 4) is 0 Å². The Morgan fingerprint density at radius 3 is 2.38 bits per heavy atom. The molecule has 0 N–H and O–H groups in total. The van der Waals surface area contributed by atoms with Crippen LogP contribution in [0, 0.1) is 23.2 Å². The van der Waals surface area contributed by atoms with E-state index in [-0.39, 0.29) is 0 Å². The van der Waals surface area contributed by atoms with Crippen LogP contribution < -0.4 is 0 Å². The van der Waals surface area contributed by atoms with E-state index in [4.69, 9.17) is 11.6 Å². The molecule has 13 heavy (non-hydrogen) atoms. The van der Waals surface area contributed by atoms with Crippen LogP contribution in [-0.4, -0.2) is 5.88 Å². The second kappa shape index (κ2) is 3.46. The van der Waals surface area contributed by atoms with Crippen LogP contribution in [0.5, 0.6) is 0 Å². The number of halogens is 1. The predicted octanol–water partition coefficient (Wildman–Crippen LogP) is 4.08. The Hall–Kier alpha value is 0.290. The molecule has 0 bridgehead atoms. The van der Waals surface area contributed by atoms with Gasteiger partial charge in [-0.2, -0.15) is 0 Å². The molecule has 0 aromatic carbocycles. The molecule has 2 saturated carbocycles. The van der Waals surface area contributed by atoms with Crippen LogP contribution in [0.2, 0.25) is 0 Å². The summed E-state index contributed by atoms with van der Waals surface area (Å²) in [6.07, 6.45) is 7.13. The van der Waals surface area contributed by atoms with Crippen molar-refractivity contribution < 1.29 is 0 Å². The van der Waals surface area contributed by atoms with Crippen molar-refractivity contribution in [1.29, 1.82) is 0 Å². The summed E-state index contributed by atoms with van der Waals surface area (Å²) in [4.78, 5) is 0. The average molecular weight is 201 g/mol. The molecular weight excluding hydrogens is 180 g/mol. The fraction of sp³-hybridized carbons (Fsp3) is 1.00. The van der Waals surface area contributed by atoms with E-state index in [0.717, 1.165) is 23.6 Å². The first-order chi connectivity index (χ1) is 6.15. The minimum absolute atomic E-state index is 0.555. The third kappa shape index (κ3) is 2.03. The van der Waals surface area contributed by atoms with Crippen molar-refractivity contribution in [1.82, 2.24) is 0 Å². The van der Waals surface area contributed by atoms with E-state index in [1.165, 1.54) is 32.1 Å². The average Bonchev–Trinajstić information content (AvgIpc) is 2.72. The lowest BCUT2D eigenvalue weighted by molar-refractivity contribution is 0.258. The lowest BCUT2D eigenvalue weighted by Crippen LogP contribution is -2.21. The molecule has 2 aliphatic rings. The van der Waals surface area contributed by atoms with E-state index in [1.807, 2.05) is 0 Å². The molecule has 2 aliphatic carbocycles. The van der Waals surface area contributed by atoms with Gasteiger partial charge in [0.1, 0.15) is 0 Å². The maximum absolute atomic E-state index is 6.13. The molecule has 0 aromatic heterocycles. The number of alkyl halides is 1. The van der Waals surface area contributed by atoms with Crippen molar-refractivity contribution >= 4 is 11.6 Å². The summed E-state index contributed by atoms with van der Waals surface area (Å²) in [5.74, 6) is 3.90. The molecule has 0 heterocycles. The Morgan fingerprint density at radius 1 is 1.31 bits per heavy atom. The SMILES string of the molecule is CC(C)CCC1(CCl)CC2CC2C1. The Kier molecular flexibility index (Phi) is 2.61. The van der Waals surface area contributed by atoms with Gasteiger partial charge in [0, 0.05) is 5.88 Å². The van der Waals surface area contributed by atoms with Gasteiger partial charge in [-0.1, -0.05) is 20.3 Å². The van der Waals surface area contributed by atoms with E-state index in [1.54, 1.807) is 0 Å². The fourth-order valence-electron chi connectivity index (χ4n) is 2.98. The first-order valence-electron chi connectivity index (χ1n) is 5.71. The van der Waals surface area contributed by atoms with Gasteiger partial charge in [-0.25, -0.2) is 0 Å². The van der Waals surface area contributed by atoms with Crippen molar-refractivity contribution in [3.05, 3.63) is 0 Å². The molecule has 0 aromatic rings. The van der Waals surface area contributed by atoms with Crippen LogP contribution >= 0.6 is 11.6 Å². The summed E-state index contributed by atoms with van der Waals surface area (Å²) in [6, 6.07) is 0. The summed E-state index contributed by atoms with van der Waals surface area (Å²) >= 11 is 6.13. The predicted molar refractivity (Wildman–Crippen MR) is 58.1 cm³/mol. The van der Waals surface area contributed by atoms with Gasteiger partial charge >= 0.3 is 0 Å². The van der Waals surface area contributed by atoms with Gasteiger partial charge in [-0.05, 0) is 48.9 Å². The highest BCUT2D eigenvalue weighted by Crippen LogP contribution is 2.61. The van der Waals surface area contributed by atoms with Gasteiger partial charge < -0.3 is 0 Å². The Morgan fingerprint density at radius 2 is 1.92 bits per heavy atom. The first-order valence-corrected chi connectivity index (χ1v) is 6.25. The molecule has 2 unspecified atom stereocenters. The van der Waals surface area contributed by atoms with Crippen molar-refractivity contribution in [3.63, 3.8) is 0 Å². The maximum Gasteiger partial charge on any atom is 0.0280 e. The number of hydrogen-bond donors (Lipinski definition) is 0. The van der Waals surface area contributed by atoms with Crippen LogP contribution in [0.25, 0.3) is 0 Å². The topological polar surface area (TPSA) is 0 Å². The summed E-state index contributed by atoms with van der Waals surface area (Å²) in [6.45, 7) is 4.63. The zero-order valence-corrected chi connectivity index (χ0v) is 9.61. The summed E-state index contributed by atoms with van der Waals surface area (Å²) in [5.41, 5.74) is 0.555. The second-order valence-electron chi connectivity index (χ2n) is 5.73. The van der Waals surface area contributed by atoms with Crippen molar-refractivity contribution in [2.75, 3.05) is 5.88 Å². The van der Waals surface area contributed by atoms with E-state index in [2.05, 4.69) is 13.8 Å². The third-order valence-electron chi connectivity index (χ3n) is 3.99. The van der Waals surface area contributed by atoms with Gasteiger partial charge in [0.25, 0.3) is 0 Å². The molecule has 0 radical (unpaired) electrons. The maximum atomic E-state index is 6.13. The van der Waals surface area contributed by atoms with E-state index < -0.39 is 0 Å². The lowest BCUT2D eigenvalue weighted by atomic mass is 9.79. The Bertz CT molecular complexity index is 176. The van der Waals surface area contributed by atoms with Gasteiger partial charge in [-0.15, -0.1) is 11.6 Å². The number of rotatable bonds is 4. The standard InChI is InChI=1S/C12H21Cl/c1-9(2)3-4-12(8-13)6-10-5-11(10)7-12/h9-11H,3-8H2,1-2H3. The zero-order chi connectivity index (χ0) is 9.47. The normalized spacial score (nSPS) is 42.5. The molecule has 1 heteroatoms. The molecule has 0 aliphatic heterocycles. The van der Waals surface area contributed by atoms with E-state index in [0.29, 0.717) is 5.41 Å².